The molecule has 0 N–H and O–H groups in total. The summed E-state index contributed by atoms with van der Waals surface area (Å²) in [5.74, 6) is -0.874. The number of rotatable bonds is 2. The number of benzene rings is 1. The number of ether oxygens (including phenoxy) is 1. The molecule has 1 aromatic rings. The molecule has 7 nitrogen and oxygen atoms in total. The first-order valence-electron chi connectivity index (χ1n) is 8.81. The van der Waals surface area contributed by atoms with Crippen molar-refractivity contribution < 1.29 is 24.0 Å². The molecule has 1 fully saturated rings. The second-order valence-corrected chi connectivity index (χ2v) is 7.72. The highest BCUT2D eigenvalue weighted by Gasteiger charge is 2.40. The van der Waals surface area contributed by atoms with Crippen LogP contribution in [0.5, 0.6) is 0 Å². The highest BCUT2D eigenvalue weighted by atomic mass is 16.7. The van der Waals surface area contributed by atoms with E-state index in [-0.39, 0.29) is 18.2 Å². The summed E-state index contributed by atoms with van der Waals surface area (Å²) in [4.78, 5) is 44.4. The Hall–Kier alpha value is -2.41. The van der Waals surface area contributed by atoms with E-state index in [0.717, 1.165) is 5.06 Å². The first kappa shape index (κ1) is 18.4. The average molecular weight is 360 g/mol. The molecule has 0 spiro atoms. The predicted molar refractivity (Wildman–Crippen MR) is 93.5 cm³/mol. The fourth-order valence-electron chi connectivity index (χ4n) is 3.23. The minimum Gasteiger partial charge on any atom is -0.444 e. The van der Waals surface area contributed by atoms with Gasteiger partial charge in [-0.3, -0.25) is 14.4 Å². The van der Waals surface area contributed by atoms with Gasteiger partial charge in [-0.05, 0) is 52.7 Å². The standard InChI is InChI=1S/C19H24N2O5/c1-12-11-13(9-10-20(12)18(24)25-19(2,3)4)26-21-16(22)14-7-5-6-8-15(14)17(21)23/h5-8,12-13H,9-11H2,1-4H3/t12-,13-/m0/s1. The van der Waals surface area contributed by atoms with Crippen LogP contribution in [0.1, 0.15) is 61.3 Å². The van der Waals surface area contributed by atoms with E-state index in [1.54, 1.807) is 29.2 Å². The van der Waals surface area contributed by atoms with Crippen LogP contribution in [0.3, 0.4) is 0 Å². The number of fused-ring (bicyclic) bond motifs is 1. The molecule has 1 aromatic carbocycles. The summed E-state index contributed by atoms with van der Waals surface area (Å²) in [5, 5.41) is 0.852. The number of hydrogen-bond donors (Lipinski definition) is 0. The molecule has 0 saturated carbocycles. The molecule has 2 aliphatic heterocycles. The Morgan fingerprint density at radius 1 is 1.12 bits per heavy atom. The van der Waals surface area contributed by atoms with E-state index in [9.17, 15) is 14.4 Å². The van der Waals surface area contributed by atoms with Crippen molar-refractivity contribution in [3.05, 3.63) is 35.4 Å². The fourth-order valence-corrected chi connectivity index (χ4v) is 3.23. The molecule has 7 heteroatoms. The van der Waals surface area contributed by atoms with Crippen LogP contribution < -0.4 is 0 Å². The highest BCUT2D eigenvalue weighted by molar-refractivity contribution is 6.20. The van der Waals surface area contributed by atoms with Crippen molar-refractivity contribution in [3.8, 4) is 0 Å². The monoisotopic (exact) mass is 360 g/mol. The van der Waals surface area contributed by atoms with E-state index in [2.05, 4.69) is 0 Å². The topological polar surface area (TPSA) is 76.2 Å². The van der Waals surface area contributed by atoms with Crippen molar-refractivity contribution in [2.75, 3.05) is 6.54 Å². The van der Waals surface area contributed by atoms with E-state index < -0.39 is 17.4 Å². The third-order valence-electron chi connectivity index (χ3n) is 4.47. The van der Waals surface area contributed by atoms with Gasteiger partial charge in [0.2, 0.25) is 0 Å². The lowest BCUT2D eigenvalue weighted by atomic mass is 10.0. The zero-order valence-electron chi connectivity index (χ0n) is 15.5. The number of amides is 3. The summed E-state index contributed by atoms with van der Waals surface area (Å²) >= 11 is 0. The van der Waals surface area contributed by atoms with Crippen molar-refractivity contribution in [1.82, 2.24) is 9.96 Å². The van der Waals surface area contributed by atoms with E-state index in [4.69, 9.17) is 9.57 Å². The van der Waals surface area contributed by atoms with Crippen LogP contribution in [-0.2, 0) is 9.57 Å². The lowest BCUT2D eigenvalue weighted by Crippen LogP contribution is -2.50. The third kappa shape index (κ3) is 3.58. The molecule has 3 amide bonds. The van der Waals surface area contributed by atoms with Crippen molar-refractivity contribution in [1.29, 1.82) is 0 Å². The lowest BCUT2D eigenvalue weighted by Gasteiger charge is -2.38. The first-order valence-corrected chi connectivity index (χ1v) is 8.81. The van der Waals surface area contributed by atoms with E-state index in [1.165, 1.54) is 0 Å². The number of carbonyl (C=O) groups is 3. The fraction of sp³-hybridized carbons (Fsp3) is 0.526. The van der Waals surface area contributed by atoms with Crippen LogP contribution in [0.4, 0.5) is 4.79 Å². The summed E-state index contributed by atoms with van der Waals surface area (Å²) in [7, 11) is 0. The maximum atomic E-state index is 12.4. The molecule has 3 rings (SSSR count). The lowest BCUT2D eigenvalue weighted by molar-refractivity contribution is -0.150. The Balaban J connectivity index is 1.61. The Morgan fingerprint density at radius 3 is 2.19 bits per heavy atom. The second kappa shape index (κ2) is 6.72. The summed E-state index contributed by atoms with van der Waals surface area (Å²) in [6.07, 6.45) is 0.374. The Morgan fingerprint density at radius 2 is 1.69 bits per heavy atom. The molecule has 0 aromatic heterocycles. The quantitative estimate of drug-likeness (QED) is 0.758. The van der Waals surface area contributed by atoms with E-state index in [1.807, 2.05) is 27.7 Å². The highest BCUT2D eigenvalue weighted by Crippen LogP contribution is 2.27. The number of piperidine rings is 1. The summed E-state index contributed by atoms with van der Waals surface area (Å²) in [6.45, 7) is 7.83. The van der Waals surface area contributed by atoms with Crippen molar-refractivity contribution in [3.63, 3.8) is 0 Å². The summed E-state index contributed by atoms with van der Waals surface area (Å²) in [6, 6.07) is 6.56. The van der Waals surface area contributed by atoms with Gasteiger partial charge in [-0.15, -0.1) is 5.06 Å². The first-order chi connectivity index (χ1) is 12.2. The van der Waals surface area contributed by atoms with Gasteiger partial charge in [-0.25, -0.2) is 4.79 Å². The number of hydroxylamine groups is 2. The molecular weight excluding hydrogens is 336 g/mol. The van der Waals surface area contributed by atoms with Gasteiger partial charge in [0.25, 0.3) is 11.8 Å². The Labute approximate surface area is 152 Å². The average Bonchev–Trinajstić information content (AvgIpc) is 2.79. The van der Waals surface area contributed by atoms with Gasteiger partial charge in [-0.1, -0.05) is 12.1 Å². The molecular formula is C19H24N2O5. The third-order valence-corrected chi connectivity index (χ3v) is 4.47. The molecule has 140 valence electrons. The minimum absolute atomic E-state index is 0.112. The van der Waals surface area contributed by atoms with Gasteiger partial charge >= 0.3 is 6.09 Å². The molecule has 0 unspecified atom stereocenters. The molecule has 26 heavy (non-hydrogen) atoms. The van der Waals surface area contributed by atoms with Crippen molar-refractivity contribution >= 4 is 17.9 Å². The molecule has 2 heterocycles. The van der Waals surface area contributed by atoms with Crippen LogP contribution in [0, 0.1) is 0 Å². The minimum atomic E-state index is -0.551. The van der Waals surface area contributed by atoms with Gasteiger partial charge in [0.15, 0.2) is 0 Å². The molecule has 1 saturated heterocycles. The number of hydrogen-bond acceptors (Lipinski definition) is 5. The van der Waals surface area contributed by atoms with Crippen LogP contribution in [-0.4, -0.2) is 52.2 Å². The van der Waals surface area contributed by atoms with Gasteiger partial charge < -0.3 is 9.64 Å². The van der Waals surface area contributed by atoms with Gasteiger partial charge in [0.1, 0.15) is 5.60 Å². The number of likely N-dealkylation sites (tertiary alicyclic amines) is 1. The normalized spacial score (nSPS) is 23.2. The molecule has 2 aliphatic rings. The number of nitrogens with zero attached hydrogens (tertiary/aromatic N) is 2. The maximum absolute atomic E-state index is 12.4. The number of imide groups is 1. The van der Waals surface area contributed by atoms with E-state index in [0.29, 0.717) is 30.5 Å². The van der Waals surface area contributed by atoms with E-state index >= 15 is 0 Å². The SMILES string of the molecule is C[C@H]1C[C@@H](ON2C(=O)c3ccccc3C2=O)CCN1C(=O)OC(C)(C)C. The Kier molecular flexibility index (Phi) is 4.75. The molecule has 0 radical (unpaired) electrons. The van der Waals surface area contributed by atoms with Crippen molar-refractivity contribution in [2.24, 2.45) is 0 Å². The van der Waals surface area contributed by atoms with Crippen LogP contribution in [0.15, 0.2) is 24.3 Å². The largest absolute Gasteiger partial charge is 0.444 e. The van der Waals surface area contributed by atoms with Gasteiger partial charge in [-0.2, -0.15) is 0 Å². The van der Waals surface area contributed by atoms with Crippen LogP contribution in [0.2, 0.25) is 0 Å². The predicted octanol–water partition coefficient (Wildman–Crippen LogP) is 3.00. The molecule has 0 aliphatic carbocycles. The van der Waals surface area contributed by atoms with Gasteiger partial charge in [0, 0.05) is 12.6 Å². The Bertz CT molecular complexity index is 705. The summed E-state index contributed by atoms with van der Waals surface area (Å²) < 4.78 is 5.42. The maximum Gasteiger partial charge on any atom is 0.410 e. The molecule has 0 bridgehead atoms. The molecule has 2 atom stereocenters. The van der Waals surface area contributed by atoms with Crippen LogP contribution >= 0.6 is 0 Å². The van der Waals surface area contributed by atoms with Crippen LogP contribution in [0.25, 0.3) is 0 Å². The smallest absolute Gasteiger partial charge is 0.410 e. The van der Waals surface area contributed by atoms with Gasteiger partial charge in [0.05, 0.1) is 17.2 Å². The van der Waals surface area contributed by atoms with Crippen molar-refractivity contribution in [2.45, 2.75) is 58.3 Å². The number of carbonyl (C=O) groups excluding carboxylic acids is 3. The zero-order valence-corrected chi connectivity index (χ0v) is 15.5. The summed E-state index contributed by atoms with van der Waals surface area (Å²) in [5.41, 5.74) is 0.165. The zero-order chi connectivity index (χ0) is 19.1. The second-order valence-electron chi connectivity index (χ2n) is 7.72.